The van der Waals surface area contributed by atoms with Crippen LogP contribution < -0.4 is 0 Å². The van der Waals surface area contributed by atoms with Crippen LogP contribution in [0.5, 0.6) is 0 Å². The standard InChI is InChI=1S/C25H38O3/c1-17-25(28-14-13-27-17)12-9-21-19-6-5-18-7-10-22(2,16-26)15-23(18,3)20(19)8-11-24(21,25)4/h7,16-17,19-21H,5-6,8-15H2,1-4H3/t17?,19-,20+,21+,22?,23+,24+,25+/m1/s1. The Morgan fingerprint density at radius 1 is 1.07 bits per heavy atom. The van der Waals surface area contributed by atoms with Crippen molar-refractivity contribution in [3.8, 4) is 0 Å². The Labute approximate surface area is 170 Å². The first-order valence-corrected chi connectivity index (χ1v) is 11.7. The van der Waals surface area contributed by atoms with Crippen molar-refractivity contribution in [2.45, 2.75) is 90.8 Å². The highest BCUT2D eigenvalue weighted by atomic mass is 16.6. The summed E-state index contributed by atoms with van der Waals surface area (Å²) in [5.74, 6) is 2.23. The van der Waals surface area contributed by atoms with Crippen molar-refractivity contribution in [1.82, 2.24) is 0 Å². The van der Waals surface area contributed by atoms with Gasteiger partial charge in [-0.3, -0.25) is 0 Å². The van der Waals surface area contributed by atoms with E-state index in [-0.39, 0.29) is 27.9 Å². The van der Waals surface area contributed by atoms with E-state index in [1.807, 2.05) is 0 Å². The molecule has 4 fully saturated rings. The highest BCUT2D eigenvalue weighted by Crippen LogP contribution is 2.70. The zero-order valence-corrected chi connectivity index (χ0v) is 18.3. The Kier molecular flexibility index (Phi) is 4.25. The molecule has 156 valence electrons. The summed E-state index contributed by atoms with van der Waals surface area (Å²) in [5, 5.41) is 0. The number of fused-ring (bicyclic) bond motifs is 6. The summed E-state index contributed by atoms with van der Waals surface area (Å²) < 4.78 is 12.7. The third kappa shape index (κ3) is 2.32. The number of carbonyl (C=O) groups excluding carboxylic acids is 1. The van der Waals surface area contributed by atoms with Gasteiger partial charge in [0.15, 0.2) is 0 Å². The number of rotatable bonds is 1. The van der Waals surface area contributed by atoms with Crippen molar-refractivity contribution in [3.63, 3.8) is 0 Å². The van der Waals surface area contributed by atoms with Crippen molar-refractivity contribution >= 4 is 6.29 Å². The van der Waals surface area contributed by atoms with Crippen molar-refractivity contribution in [1.29, 1.82) is 0 Å². The summed E-state index contributed by atoms with van der Waals surface area (Å²) >= 11 is 0. The Morgan fingerprint density at radius 2 is 1.86 bits per heavy atom. The lowest BCUT2D eigenvalue weighted by molar-refractivity contribution is -0.253. The third-order valence-electron chi connectivity index (χ3n) is 10.3. The van der Waals surface area contributed by atoms with E-state index < -0.39 is 0 Å². The van der Waals surface area contributed by atoms with E-state index in [9.17, 15) is 4.79 Å². The van der Waals surface area contributed by atoms with Crippen LogP contribution in [0.25, 0.3) is 0 Å². The van der Waals surface area contributed by atoms with Gasteiger partial charge in [-0.1, -0.05) is 32.4 Å². The first-order chi connectivity index (χ1) is 13.3. The zero-order valence-electron chi connectivity index (χ0n) is 18.3. The van der Waals surface area contributed by atoms with Gasteiger partial charge in [0.05, 0.1) is 24.9 Å². The summed E-state index contributed by atoms with van der Waals surface area (Å²) in [6.07, 6.45) is 13.4. The lowest BCUT2D eigenvalue weighted by Gasteiger charge is -2.62. The van der Waals surface area contributed by atoms with Crippen LogP contribution in [0.2, 0.25) is 0 Å². The molecule has 5 rings (SSSR count). The molecule has 3 nitrogen and oxygen atoms in total. The van der Waals surface area contributed by atoms with Crippen LogP contribution in [0.15, 0.2) is 11.6 Å². The van der Waals surface area contributed by atoms with E-state index in [0.29, 0.717) is 0 Å². The van der Waals surface area contributed by atoms with E-state index in [1.54, 1.807) is 5.57 Å². The topological polar surface area (TPSA) is 35.5 Å². The van der Waals surface area contributed by atoms with Crippen LogP contribution in [0.1, 0.15) is 79.1 Å². The maximum absolute atomic E-state index is 11.9. The van der Waals surface area contributed by atoms with Crippen LogP contribution >= 0.6 is 0 Å². The predicted octanol–water partition coefficient (Wildman–Crippen LogP) is 5.33. The highest BCUT2D eigenvalue weighted by molar-refractivity contribution is 5.60. The molecule has 3 heteroatoms. The van der Waals surface area contributed by atoms with Gasteiger partial charge in [0, 0.05) is 10.8 Å². The van der Waals surface area contributed by atoms with Gasteiger partial charge in [-0.15, -0.1) is 0 Å². The van der Waals surface area contributed by atoms with Crippen LogP contribution in [0.3, 0.4) is 0 Å². The minimum Gasteiger partial charge on any atom is -0.373 e. The SMILES string of the molecule is CC1OCCO[C@@]12CC[C@H]1[C@@H]3CCC4=CCC(C)(C=O)C[C@]4(C)[C@H]3CC[C@@]12C. The quantitative estimate of drug-likeness (QED) is 0.451. The van der Waals surface area contributed by atoms with Crippen molar-refractivity contribution in [2.75, 3.05) is 13.2 Å². The maximum atomic E-state index is 11.9. The molecule has 3 saturated carbocycles. The number of hydrogen-bond donors (Lipinski definition) is 0. The fraction of sp³-hybridized carbons (Fsp3) is 0.880. The van der Waals surface area contributed by atoms with Gasteiger partial charge in [0.25, 0.3) is 0 Å². The summed E-state index contributed by atoms with van der Waals surface area (Å²) in [7, 11) is 0. The normalized spacial score (nSPS) is 55.8. The van der Waals surface area contributed by atoms with Crippen molar-refractivity contribution in [2.24, 2.45) is 34.0 Å². The van der Waals surface area contributed by atoms with E-state index >= 15 is 0 Å². The molecule has 0 N–H and O–H groups in total. The minimum atomic E-state index is -0.174. The molecular formula is C25H38O3. The lowest BCUT2D eigenvalue weighted by atomic mass is 9.44. The molecule has 8 atom stereocenters. The fourth-order valence-corrected chi connectivity index (χ4v) is 8.90. The number of ether oxygens (including phenoxy) is 2. The molecule has 4 aliphatic carbocycles. The number of hydrogen-bond acceptors (Lipinski definition) is 3. The fourth-order valence-electron chi connectivity index (χ4n) is 8.90. The summed E-state index contributed by atoms with van der Waals surface area (Å²) in [4.78, 5) is 11.9. The van der Waals surface area contributed by atoms with Gasteiger partial charge >= 0.3 is 0 Å². The van der Waals surface area contributed by atoms with E-state index in [0.717, 1.165) is 50.2 Å². The first-order valence-electron chi connectivity index (χ1n) is 11.7. The van der Waals surface area contributed by atoms with Crippen LogP contribution in [-0.2, 0) is 14.3 Å². The zero-order chi connectivity index (χ0) is 19.8. The number of carbonyl (C=O) groups is 1. The molecule has 0 aromatic rings. The van der Waals surface area contributed by atoms with E-state index in [4.69, 9.17) is 9.47 Å². The maximum Gasteiger partial charge on any atom is 0.126 e. The second kappa shape index (κ2) is 6.17. The predicted molar refractivity (Wildman–Crippen MR) is 110 cm³/mol. The molecule has 1 aliphatic heterocycles. The van der Waals surface area contributed by atoms with Gasteiger partial charge in [-0.2, -0.15) is 0 Å². The van der Waals surface area contributed by atoms with Gasteiger partial charge in [-0.05, 0) is 81.5 Å². The molecule has 5 aliphatic rings. The van der Waals surface area contributed by atoms with Gasteiger partial charge in [-0.25, -0.2) is 0 Å². The Hall–Kier alpha value is -0.670. The summed E-state index contributed by atoms with van der Waals surface area (Å²) in [5.41, 5.74) is 1.85. The average Bonchev–Trinajstić information content (AvgIpc) is 2.97. The summed E-state index contributed by atoms with van der Waals surface area (Å²) in [6, 6.07) is 0. The molecule has 0 aromatic carbocycles. The second-order valence-corrected chi connectivity index (χ2v) is 11.5. The lowest BCUT2D eigenvalue weighted by Crippen LogP contribution is -2.61. The smallest absolute Gasteiger partial charge is 0.126 e. The van der Waals surface area contributed by atoms with Gasteiger partial charge in [0.1, 0.15) is 6.29 Å². The number of allylic oxidation sites excluding steroid dienone is 2. The average molecular weight is 387 g/mol. The molecule has 1 spiro atoms. The monoisotopic (exact) mass is 386 g/mol. The Balaban J connectivity index is 1.49. The molecule has 0 aromatic heterocycles. The van der Waals surface area contributed by atoms with Crippen LogP contribution in [-0.4, -0.2) is 31.2 Å². The van der Waals surface area contributed by atoms with E-state index in [1.165, 1.54) is 38.4 Å². The van der Waals surface area contributed by atoms with Crippen LogP contribution in [0.4, 0.5) is 0 Å². The van der Waals surface area contributed by atoms with Gasteiger partial charge < -0.3 is 14.3 Å². The molecule has 0 bridgehead atoms. The second-order valence-electron chi connectivity index (χ2n) is 11.5. The Bertz CT molecular complexity index is 700. The molecular weight excluding hydrogens is 348 g/mol. The Morgan fingerprint density at radius 3 is 2.61 bits per heavy atom. The molecule has 2 unspecified atom stereocenters. The first kappa shape index (κ1) is 19.3. The van der Waals surface area contributed by atoms with Crippen LogP contribution in [0, 0.1) is 34.0 Å². The van der Waals surface area contributed by atoms with Crippen molar-refractivity contribution in [3.05, 3.63) is 11.6 Å². The third-order valence-corrected chi connectivity index (χ3v) is 10.3. The highest BCUT2D eigenvalue weighted by Gasteiger charge is 2.67. The number of aldehydes is 1. The van der Waals surface area contributed by atoms with E-state index in [2.05, 4.69) is 33.8 Å². The molecule has 1 heterocycles. The molecule has 0 amide bonds. The van der Waals surface area contributed by atoms with Crippen molar-refractivity contribution < 1.29 is 14.3 Å². The molecule has 1 saturated heterocycles. The minimum absolute atomic E-state index is 0.0816. The van der Waals surface area contributed by atoms with Gasteiger partial charge in [0.2, 0.25) is 0 Å². The molecule has 0 radical (unpaired) electrons. The molecule has 28 heavy (non-hydrogen) atoms. The summed E-state index contributed by atoms with van der Waals surface area (Å²) in [6.45, 7) is 10.9. The largest absolute Gasteiger partial charge is 0.373 e.